The maximum absolute atomic E-state index is 11.8. The fraction of sp³-hybridized carbons (Fsp3) is 0.789. The van der Waals surface area contributed by atoms with Crippen molar-refractivity contribution in [3.8, 4) is 0 Å². The van der Waals surface area contributed by atoms with Crippen LogP contribution in [0.4, 0.5) is 4.79 Å². The number of amides is 1. The molecule has 1 saturated carbocycles. The van der Waals surface area contributed by atoms with E-state index in [2.05, 4.69) is 16.1 Å². The van der Waals surface area contributed by atoms with E-state index in [-0.39, 0.29) is 11.7 Å². The molecule has 3 heterocycles. The van der Waals surface area contributed by atoms with Crippen molar-refractivity contribution in [2.24, 2.45) is 0 Å². The molecule has 0 unspecified atom stereocenters. The van der Waals surface area contributed by atoms with Gasteiger partial charge < -0.3 is 14.2 Å². The van der Waals surface area contributed by atoms with Crippen LogP contribution in [0.3, 0.4) is 0 Å². The SMILES string of the molecule is CN1C[C@]2(CCCN(Cc3cc(C4CCCCC4)no3)CC2)OC1=O. The third-order valence-electron chi connectivity index (χ3n) is 6.11. The van der Waals surface area contributed by atoms with E-state index in [9.17, 15) is 4.79 Å². The van der Waals surface area contributed by atoms with Gasteiger partial charge in [-0.3, -0.25) is 4.90 Å². The molecule has 25 heavy (non-hydrogen) atoms. The molecular formula is C19H29N3O3. The monoisotopic (exact) mass is 347 g/mol. The number of carbonyl (C=O) groups excluding carboxylic acids is 1. The Labute approximate surface area is 149 Å². The van der Waals surface area contributed by atoms with Gasteiger partial charge in [-0.2, -0.15) is 0 Å². The van der Waals surface area contributed by atoms with Gasteiger partial charge in [-0.05, 0) is 32.2 Å². The van der Waals surface area contributed by atoms with Gasteiger partial charge in [0.1, 0.15) is 5.60 Å². The van der Waals surface area contributed by atoms with Crippen LogP contribution in [0.1, 0.15) is 68.7 Å². The second-order valence-electron chi connectivity index (χ2n) is 8.09. The maximum atomic E-state index is 11.8. The lowest BCUT2D eigenvalue weighted by Gasteiger charge is -2.25. The van der Waals surface area contributed by atoms with E-state index in [0.717, 1.165) is 50.4 Å². The summed E-state index contributed by atoms with van der Waals surface area (Å²) in [6.45, 7) is 3.47. The molecule has 4 rings (SSSR count). The number of likely N-dealkylation sites (N-methyl/N-ethyl adjacent to an activating group) is 1. The Kier molecular flexibility index (Phi) is 4.71. The number of likely N-dealkylation sites (tertiary alicyclic amines) is 1. The zero-order valence-corrected chi connectivity index (χ0v) is 15.2. The lowest BCUT2D eigenvalue weighted by atomic mass is 9.87. The first kappa shape index (κ1) is 16.9. The van der Waals surface area contributed by atoms with Crippen molar-refractivity contribution >= 4 is 6.09 Å². The molecule has 1 atom stereocenters. The van der Waals surface area contributed by atoms with Gasteiger partial charge >= 0.3 is 6.09 Å². The van der Waals surface area contributed by atoms with Gasteiger partial charge in [-0.15, -0.1) is 0 Å². The van der Waals surface area contributed by atoms with E-state index in [1.807, 2.05) is 7.05 Å². The summed E-state index contributed by atoms with van der Waals surface area (Å²) in [7, 11) is 1.82. The molecule has 0 bridgehead atoms. The Balaban J connectivity index is 1.34. The summed E-state index contributed by atoms with van der Waals surface area (Å²) in [6.07, 6.45) is 9.19. The Morgan fingerprint density at radius 2 is 2.04 bits per heavy atom. The number of nitrogens with zero attached hydrogens (tertiary/aromatic N) is 3. The van der Waals surface area contributed by atoms with Crippen molar-refractivity contribution in [1.29, 1.82) is 0 Å². The maximum Gasteiger partial charge on any atom is 0.410 e. The van der Waals surface area contributed by atoms with E-state index in [1.54, 1.807) is 4.90 Å². The van der Waals surface area contributed by atoms with Gasteiger partial charge in [0, 0.05) is 32.0 Å². The first-order valence-electron chi connectivity index (χ1n) is 9.76. The van der Waals surface area contributed by atoms with Crippen molar-refractivity contribution < 1.29 is 14.1 Å². The molecule has 1 aromatic heterocycles. The van der Waals surface area contributed by atoms with E-state index >= 15 is 0 Å². The smallest absolute Gasteiger partial charge is 0.410 e. The molecule has 2 aliphatic heterocycles. The highest BCUT2D eigenvalue weighted by Crippen LogP contribution is 2.34. The molecule has 1 spiro atoms. The molecular weight excluding hydrogens is 318 g/mol. The highest BCUT2D eigenvalue weighted by atomic mass is 16.6. The molecule has 6 nitrogen and oxygen atoms in total. The number of hydrogen-bond donors (Lipinski definition) is 0. The summed E-state index contributed by atoms with van der Waals surface area (Å²) >= 11 is 0. The number of aromatic nitrogens is 1. The molecule has 6 heteroatoms. The molecule has 2 saturated heterocycles. The zero-order chi connectivity index (χ0) is 17.3. The first-order chi connectivity index (χ1) is 12.1. The third-order valence-corrected chi connectivity index (χ3v) is 6.11. The molecule has 1 aliphatic carbocycles. The van der Waals surface area contributed by atoms with Crippen LogP contribution in [-0.4, -0.2) is 53.3 Å². The quantitative estimate of drug-likeness (QED) is 0.837. The van der Waals surface area contributed by atoms with E-state index < -0.39 is 0 Å². The second kappa shape index (κ2) is 6.98. The second-order valence-corrected chi connectivity index (χ2v) is 8.09. The molecule has 0 N–H and O–H groups in total. The van der Waals surface area contributed by atoms with Crippen LogP contribution >= 0.6 is 0 Å². The van der Waals surface area contributed by atoms with Gasteiger partial charge in [0.05, 0.1) is 18.8 Å². The summed E-state index contributed by atoms with van der Waals surface area (Å²) in [5, 5.41) is 4.34. The molecule has 1 amide bonds. The third kappa shape index (κ3) is 3.68. The Hall–Kier alpha value is -1.56. The van der Waals surface area contributed by atoms with Crippen molar-refractivity contribution in [3.05, 3.63) is 17.5 Å². The Morgan fingerprint density at radius 1 is 1.20 bits per heavy atom. The first-order valence-corrected chi connectivity index (χ1v) is 9.76. The molecule has 1 aromatic rings. The number of carbonyl (C=O) groups is 1. The van der Waals surface area contributed by atoms with Crippen molar-refractivity contribution in [2.45, 2.75) is 69.4 Å². The summed E-state index contributed by atoms with van der Waals surface area (Å²) in [5.41, 5.74) is 0.863. The highest BCUT2D eigenvalue weighted by molar-refractivity contribution is 5.70. The van der Waals surface area contributed by atoms with Crippen LogP contribution in [0, 0.1) is 0 Å². The Morgan fingerprint density at radius 3 is 2.80 bits per heavy atom. The number of rotatable bonds is 3. The minimum Gasteiger partial charge on any atom is -0.441 e. The minimum absolute atomic E-state index is 0.180. The molecule has 0 aromatic carbocycles. The molecule has 3 aliphatic rings. The van der Waals surface area contributed by atoms with Crippen molar-refractivity contribution in [1.82, 2.24) is 15.0 Å². The lowest BCUT2D eigenvalue weighted by Crippen LogP contribution is -2.35. The van der Waals surface area contributed by atoms with E-state index in [0.29, 0.717) is 12.5 Å². The van der Waals surface area contributed by atoms with Crippen LogP contribution in [-0.2, 0) is 11.3 Å². The predicted molar refractivity (Wildman–Crippen MR) is 93.3 cm³/mol. The standard InChI is InChI=1S/C19H29N3O3/c1-21-14-19(24-18(21)23)8-5-10-22(11-9-19)13-16-12-17(20-25-16)15-6-3-2-4-7-15/h12,15H,2-11,13-14H2,1H3/t19-/m1/s1. The Bertz CT molecular complexity index is 611. The van der Waals surface area contributed by atoms with E-state index in [4.69, 9.17) is 9.26 Å². The van der Waals surface area contributed by atoms with Gasteiger partial charge in [0.15, 0.2) is 5.76 Å². The zero-order valence-electron chi connectivity index (χ0n) is 15.2. The minimum atomic E-state index is -0.282. The largest absolute Gasteiger partial charge is 0.441 e. The van der Waals surface area contributed by atoms with E-state index in [1.165, 1.54) is 32.1 Å². The van der Waals surface area contributed by atoms with Crippen LogP contribution in [0.15, 0.2) is 10.6 Å². The van der Waals surface area contributed by atoms with Gasteiger partial charge in [-0.1, -0.05) is 24.4 Å². The molecule has 0 radical (unpaired) electrons. The lowest BCUT2D eigenvalue weighted by molar-refractivity contribution is 0.0440. The normalized spacial score (nSPS) is 29.2. The summed E-state index contributed by atoms with van der Waals surface area (Å²) in [6, 6.07) is 2.17. The molecule has 138 valence electrons. The predicted octanol–water partition coefficient (Wildman–Crippen LogP) is 3.53. The summed E-state index contributed by atoms with van der Waals surface area (Å²) in [4.78, 5) is 15.9. The van der Waals surface area contributed by atoms with Gasteiger partial charge in [0.25, 0.3) is 0 Å². The fourth-order valence-electron chi connectivity index (χ4n) is 4.65. The van der Waals surface area contributed by atoms with Crippen LogP contribution < -0.4 is 0 Å². The highest BCUT2D eigenvalue weighted by Gasteiger charge is 2.44. The van der Waals surface area contributed by atoms with Gasteiger partial charge in [-0.25, -0.2) is 4.79 Å². The van der Waals surface area contributed by atoms with Gasteiger partial charge in [0.2, 0.25) is 0 Å². The van der Waals surface area contributed by atoms with Crippen LogP contribution in [0.25, 0.3) is 0 Å². The average Bonchev–Trinajstić information content (AvgIpc) is 3.12. The summed E-state index contributed by atoms with van der Waals surface area (Å²) < 4.78 is 11.3. The average molecular weight is 347 g/mol. The van der Waals surface area contributed by atoms with Crippen LogP contribution in [0.5, 0.6) is 0 Å². The number of hydrogen-bond acceptors (Lipinski definition) is 5. The molecule has 3 fully saturated rings. The van der Waals surface area contributed by atoms with Crippen molar-refractivity contribution in [3.63, 3.8) is 0 Å². The topological polar surface area (TPSA) is 58.8 Å². The van der Waals surface area contributed by atoms with Crippen molar-refractivity contribution in [2.75, 3.05) is 26.7 Å². The number of ether oxygens (including phenoxy) is 1. The summed E-state index contributed by atoms with van der Waals surface area (Å²) in [5.74, 6) is 1.56. The fourth-order valence-corrected chi connectivity index (χ4v) is 4.65. The van der Waals surface area contributed by atoms with Crippen LogP contribution in [0.2, 0.25) is 0 Å².